The highest BCUT2D eigenvalue weighted by Crippen LogP contribution is 2.34. The van der Waals surface area contributed by atoms with Crippen LogP contribution in [0.4, 0.5) is 5.69 Å². The lowest BCUT2D eigenvalue weighted by Crippen LogP contribution is -2.35. The van der Waals surface area contributed by atoms with E-state index in [0.717, 1.165) is 19.3 Å². The molecule has 0 aliphatic heterocycles. The molecule has 112 valence electrons. The summed E-state index contributed by atoms with van der Waals surface area (Å²) >= 11 is 0. The van der Waals surface area contributed by atoms with E-state index in [1.807, 2.05) is 0 Å². The third kappa shape index (κ3) is 3.30. The second-order valence-corrected chi connectivity index (χ2v) is 7.51. The molecule has 0 radical (unpaired) electrons. The molecule has 0 bridgehead atoms. The van der Waals surface area contributed by atoms with Crippen LogP contribution in [0.3, 0.4) is 0 Å². The van der Waals surface area contributed by atoms with Gasteiger partial charge in [-0.05, 0) is 31.2 Å². The van der Waals surface area contributed by atoms with Crippen LogP contribution in [-0.2, 0) is 10.0 Å². The SMILES string of the molecule is CNc1ccncc1S(=O)(=O)N(CCC(C)C)C1CC1. The Bertz CT molecular complexity index is 553. The summed E-state index contributed by atoms with van der Waals surface area (Å²) in [5.41, 5.74) is 0.607. The number of hydrogen-bond acceptors (Lipinski definition) is 4. The lowest BCUT2D eigenvalue weighted by atomic mass is 10.1. The maximum atomic E-state index is 12.9. The first-order chi connectivity index (χ1) is 9.46. The van der Waals surface area contributed by atoms with Gasteiger partial charge in [0.1, 0.15) is 4.90 Å². The molecule has 0 spiro atoms. The van der Waals surface area contributed by atoms with Gasteiger partial charge in [0.2, 0.25) is 10.0 Å². The quantitative estimate of drug-likeness (QED) is 0.839. The number of anilines is 1. The third-order valence-electron chi connectivity index (χ3n) is 3.52. The Kier molecular flexibility index (Phi) is 4.65. The summed E-state index contributed by atoms with van der Waals surface area (Å²) in [4.78, 5) is 4.25. The predicted molar refractivity (Wildman–Crippen MR) is 80.2 cm³/mol. The van der Waals surface area contributed by atoms with Crippen molar-refractivity contribution < 1.29 is 8.42 Å². The maximum Gasteiger partial charge on any atom is 0.246 e. The number of aromatic nitrogens is 1. The van der Waals surface area contributed by atoms with E-state index < -0.39 is 10.0 Å². The highest BCUT2D eigenvalue weighted by Gasteiger charge is 2.38. The van der Waals surface area contributed by atoms with E-state index >= 15 is 0 Å². The Morgan fingerprint density at radius 1 is 1.45 bits per heavy atom. The van der Waals surface area contributed by atoms with Crippen molar-refractivity contribution in [2.24, 2.45) is 5.92 Å². The highest BCUT2D eigenvalue weighted by molar-refractivity contribution is 7.89. The van der Waals surface area contributed by atoms with Crippen molar-refractivity contribution in [2.75, 3.05) is 18.9 Å². The van der Waals surface area contributed by atoms with Crippen molar-refractivity contribution in [2.45, 2.75) is 44.0 Å². The lowest BCUT2D eigenvalue weighted by Gasteiger charge is -2.23. The van der Waals surface area contributed by atoms with Gasteiger partial charge in [0, 0.05) is 32.0 Å². The fourth-order valence-electron chi connectivity index (χ4n) is 2.17. The molecule has 5 nitrogen and oxygen atoms in total. The van der Waals surface area contributed by atoms with E-state index in [0.29, 0.717) is 18.2 Å². The zero-order valence-corrected chi connectivity index (χ0v) is 13.2. The molecule has 20 heavy (non-hydrogen) atoms. The van der Waals surface area contributed by atoms with E-state index in [-0.39, 0.29) is 10.9 Å². The van der Waals surface area contributed by atoms with Gasteiger partial charge in [-0.2, -0.15) is 4.31 Å². The average molecular weight is 297 g/mol. The molecule has 1 aliphatic carbocycles. The van der Waals surface area contributed by atoms with Gasteiger partial charge in [0.15, 0.2) is 0 Å². The van der Waals surface area contributed by atoms with Crippen molar-refractivity contribution in [3.05, 3.63) is 18.5 Å². The average Bonchev–Trinajstić information content (AvgIpc) is 3.23. The van der Waals surface area contributed by atoms with Gasteiger partial charge in [0.25, 0.3) is 0 Å². The largest absolute Gasteiger partial charge is 0.387 e. The van der Waals surface area contributed by atoms with Crippen molar-refractivity contribution in [3.63, 3.8) is 0 Å². The topological polar surface area (TPSA) is 62.3 Å². The molecule has 1 N–H and O–H groups in total. The summed E-state index contributed by atoms with van der Waals surface area (Å²) in [5.74, 6) is 0.490. The Balaban J connectivity index is 2.30. The minimum absolute atomic E-state index is 0.170. The number of pyridine rings is 1. The fourth-order valence-corrected chi connectivity index (χ4v) is 4.01. The van der Waals surface area contributed by atoms with Gasteiger partial charge < -0.3 is 5.32 Å². The Morgan fingerprint density at radius 3 is 2.70 bits per heavy atom. The van der Waals surface area contributed by atoms with Gasteiger partial charge in [-0.3, -0.25) is 4.98 Å². The van der Waals surface area contributed by atoms with E-state index in [2.05, 4.69) is 24.1 Å². The molecular formula is C14H23N3O2S. The molecular weight excluding hydrogens is 274 g/mol. The highest BCUT2D eigenvalue weighted by atomic mass is 32.2. The number of rotatable bonds is 7. The van der Waals surface area contributed by atoms with Crippen molar-refractivity contribution >= 4 is 15.7 Å². The molecule has 6 heteroatoms. The van der Waals surface area contributed by atoms with Gasteiger partial charge in [-0.25, -0.2) is 8.42 Å². The van der Waals surface area contributed by atoms with Crippen LogP contribution >= 0.6 is 0 Å². The zero-order chi connectivity index (χ0) is 14.8. The standard InChI is InChI=1S/C14H23N3O2S/c1-11(2)7-9-17(12-4-5-12)20(18,19)14-10-16-8-6-13(14)15-3/h6,8,10-12H,4-5,7,9H2,1-3H3,(H,15,16). The molecule has 0 saturated heterocycles. The summed E-state index contributed by atoms with van der Waals surface area (Å²) in [6.07, 6.45) is 5.84. The minimum atomic E-state index is -3.47. The third-order valence-corrected chi connectivity index (χ3v) is 5.50. The Hall–Kier alpha value is -1.14. The van der Waals surface area contributed by atoms with Crippen LogP contribution in [0.2, 0.25) is 0 Å². The van der Waals surface area contributed by atoms with E-state index in [9.17, 15) is 8.42 Å². The van der Waals surface area contributed by atoms with Gasteiger partial charge in [-0.15, -0.1) is 0 Å². The van der Waals surface area contributed by atoms with Gasteiger partial charge in [0.05, 0.1) is 5.69 Å². The van der Waals surface area contributed by atoms with Crippen LogP contribution in [0.1, 0.15) is 33.1 Å². The molecule has 1 aromatic heterocycles. The van der Waals surface area contributed by atoms with Crippen LogP contribution in [0.5, 0.6) is 0 Å². The van der Waals surface area contributed by atoms with Crippen LogP contribution in [0.15, 0.2) is 23.4 Å². The summed E-state index contributed by atoms with van der Waals surface area (Å²) in [7, 11) is -1.74. The molecule has 2 rings (SSSR count). The van der Waals surface area contributed by atoms with Crippen molar-refractivity contribution in [1.29, 1.82) is 0 Å². The molecule has 1 aliphatic rings. The summed E-state index contributed by atoms with van der Waals surface area (Å²) < 4.78 is 27.4. The van der Waals surface area contributed by atoms with Crippen LogP contribution < -0.4 is 5.32 Å². The Labute approximate surface area is 121 Å². The van der Waals surface area contributed by atoms with Crippen molar-refractivity contribution in [1.82, 2.24) is 9.29 Å². The first-order valence-corrected chi connectivity index (χ1v) is 8.54. The van der Waals surface area contributed by atoms with Crippen LogP contribution in [-0.4, -0.2) is 37.3 Å². The van der Waals surface area contributed by atoms with Gasteiger partial charge >= 0.3 is 0 Å². The van der Waals surface area contributed by atoms with Crippen LogP contribution in [0, 0.1) is 5.92 Å². The summed E-state index contributed by atoms with van der Waals surface area (Å²) in [6, 6.07) is 1.86. The molecule has 0 atom stereocenters. The van der Waals surface area contributed by atoms with Crippen LogP contribution in [0.25, 0.3) is 0 Å². The first kappa shape index (κ1) is 15.3. The number of hydrogen-bond donors (Lipinski definition) is 1. The second kappa shape index (κ2) is 6.10. The normalized spacial score (nSPS) is 15.8. The molecule has 1 aromatic rings. The van der Waals surface area contributed by atoms with E-state index in [1.165, 1.54) is 6.20 Å². The second-order valence-electron chi connectivity index (χ2n) is 5.65. The van der Waals surface area contributed by atoms with E-state index in [4.69, 9.17) is 0 Å². The molecule has 0 aromatic carbocycles. The maximum absolute atomic E-state index is 12.9. The van der Waals surface area contributed by atoms with E-state index in [1.54, 1.807) is 23.6 Å². The first-order valence-electron chi connectivity index (χ1n) is 7.10. The predicted octanol–water partition coefficient (Wildman–Crippen LogP) is 2.32. The monoisotopic (exact) mass is 297 g/mol. The lowest BCUT2D eigenvalue weighted by molar-refractivity contribution is 0.373. The zero-order valence-electron chi connectivity index (χ0n) is 12.3. The minimum Gasteiger partial charge on any atom is -0.387 e. The smallest absolute Gasteiger partial charge is 0.246 e. The molecule has 1 heterocycles. The number of sulfonamides is 1. The molecule has 0 unspecified atom stereocenters. The van der Waals surface area contributed by atoms with Gasteiger partial charge in [-0.1, -0.05) is 13.8 Å². The molecule has 1 fully saturated rings. The van der Waals surface area contributed by atoms with Crippen molar-refractivity contribution in [3.8, 4) is 0 Å². The fraction of sp³-hybridized carbons (Fsp3) is 0.643. The Morgan fingerprint density at radius 2 is 2.15 bits per heavy atom. The number of nitrogens with one attached hydrogen (secondary N) is 1. The molecule has 1 saturated carbocycles. The summed E-state index contributed by atoms with van der Waals surface area (Å²) in [5, 5.41) is 2.93. The molecule has 0 amide bonds. The number of nitrogens with zero attached hydrogens (tertiary/aromatic N) is 2. The summed E-state index contributed by atoms with van der Waals surface area (Å²) in [6.45, 7) is 4.81.